The van der Waals surface area contributed by atoms with E-state index in [0.717, 1.165) is 12.8 Å². The number of hydrogen-bond acceptors (Lipinski definition) is 4. The van der Waals surface area contributed by atoms with Crippen LogP contribution in [0.4, 0.5) is 4.39 Å². The van der Waals surface area contributed by atoms with Crippen molar-refractivity contribution in [3.8, 4) is 0 Å². The molecular formula is C13H13Cl2FLiN3O-2. The van der Waals surface area contributed by atoms with Gasteiger partial charge in [-0.15, -0.1) is 11.6 Å². The minimum atomic E-state index is -0.709. The van der Waals surface area contributed by atoms with Crippen LogP contribution in [0.1, 0.15) is 19.8 Å². The third kappa shape index (κ3) is 6.46. The van der Waals surface area contributed by atoms with Crippen molar-refractivity contribution in [2.45, 2.75) is 25.9 Å². The molecule has 21 heavy (non-hydrogen) atoms. The molecule has 0 saturated carbocycles. The number of aliphatic hydroxyl groups excluding tert-OH is 1. The molecule has 0 aliphatic carbocycles. The summed E-state index contributed by atoms with van der Waals surface area (Å²) < 4.78 is 13.2. The average molecular weight is 324 g/mol. The van der Waals surface area contributed by atoms with Gasteiger partial charge in [-0.1, -0.05) is 29.5 Å². The van der Waals surface area contributed by atoms with E-state index in [4.69, 9.17) is 28.3 Å². The Hall–Kier alpha value is -0.443. The second-order valence-corrected chi connectivity index (χ2v) is 4.47. The van der Waals surface area contributed by atoms with Gasteiger partial charge in [-0.3, -0.25) is 4.98 Å². The second kappa shape index (κ2) is 10.3. The Bertz CT molecular complexity index is 569. The maximum Gasteiger partial charge on any atom is 1.00 e. The predicted molar refractivity (Wildman–Crippen MR) is 76.7 cm³/mol. The van der Waals surface area contributed by atoms with Crippen LogP contribution in [-0.2, 0) is 0 Å². The van der Waals surface area contributed by atoms with Gasteiger partial charge >= 0.3 is 18.9 Å². The van der Waals surface area contributed by atoms with Crippen molar-refractivity contribution >= 4 is 34.1 Å². The molecular weight excluding hydrogens is 311 g/mol. The molecule has 0 amide bonds. The monoisotopic (exact) mass is 323 g/mol. The zero-order valence-corrected chi connectivity index (χ0v) is 13.3. The third-order valence-electron chi connectivity index (χ3n) is 2.31. The summed E-state index contributed by atoms with van der Waals surface area (Å²) in [5.41, 5.74) is 0.0278. The van der Waals surface area contributed by atoms with E-state index in [1.54, 1.807) is 6.42 Å². The molecule has 2 rings (SSSR count). The molecule has 0 fully saturated rings. The molecule has 2 aromatic heterocycles. The molecule has 8 heteroatoms. The number of rotatable bonds is 3. The number of halogens is 3. The van der Waals surface area contributed by atoms with Crippen molar-refractivity contribution in [3.63, 3.8) is 0 Å². The van der Waals surface area contributed by atoms with Gasteiger partial charge in [0.25, 0.3) is 0 Å². The topological polar surface area (TPSA) is 58.9 Å². The zero-order chi connectivity index (χ0) is 15.1. The van der Waals surface area contributed by atoms with Crippen molar-refractivity contribution in [2.75, 3.05) is 0 Å². The first-order valence-corrected chi connectivity index (χ1v) is 6.56. The smallest absolute Gasteiger partial charge is 0.425 e. The molecule has 1 N–H and O–H groups in total. The molecule has 1 atom stereocenters. The molecule has 0 bridgehead atoms. The Morgan fingerprint density at radius 2 is 2.19 bits per heavy atom. The predicted octanol–water partition coefficient (Wildman–Crippen LogP) is 0.461. The van der Waals surface area contributed by atoms with Crippen LogP contribution in [0.3, 0.4) is 0 Å². The number of pyridine rings is 1. The molecule has 0 saturated heterocycles. The van der Waals surface area contributed by atoms with Crippen molar-refractivity contribution < 1.29 is 28.4 Å². The van der Waals surface area contributed by atoms with Crippen molar-refractivity contribution in [2.24, 2.45) is 0 Å². The van der Waals surface area contributed by atoms with E-state index in [1.807, 2.05) is 6.92 Å². The maximum absolute atomic E-state index is 13.2. The minimum absolute atomic E-state index is 0. The van der Waals surface area contributed by atoms with Gasteiger partial charge in [0.2, 0.25) is 0 Å². The van der Waals surface area contributed by atoms with Crippen LogP contribution < -0.4 is 18.9 Å². The number of nitrogens with zero attached hydrogens (tertiary/aromatic N) is 3. The van der Waals surface area contributed by atoms with Gasteiger partial charge in [0.15, 0.2) is 0 Å². The third-order valence-corrected chi connectivity index (χ3v) is 2.74. The van der Waals surface area contributed by atoms with Crippen LogP contribution in [0.15, 0.2) is 6.20 Å². The van der Waals surface area contributed by atoms with Crippen molar-refractivity contribution in [1.82, 2.24) is 15.0 Å². The SMILES string of the molecule is Fc1c(Cl)ncc2[c-]nc(Cl)nc12.[CH2-]CCC(O)[CH-]C.[Li+]. The first kappa shape index (κ1) is 20.6. The Kier molecular flexibility index (Phi) is 10.1. The van der Waals surface area contributed by atoms with Gasteiger partial charge in [-0.05, 0) is 12.4 Å². The normalized spacial score (nSPS) is 11.3. The molecule has 0 radical (unpaired) electrons. The fraction of sp³-hybridized carbons (Fsp3) is 0.308. The van der Waals surface area contributed by atoms with Gasteiger partial charge < -0.3 is 28.4 Å². The van der Waals surface area contributed by atoms with Gasteiger partial charge in [-0.25, -0.2) is 4.39 Å². The van der Waals surface area contributed by atoms with E-state index < -0.39 is 5.82 Å². The van der Waals surface area contributed by atoms with E-state index in [9.17, 15) is 4.39 Å². The number of hydrogen-bond donors (Lipinski definition) is 1. The van der Waals surface area contributed by atoms with Crippen LogP contribution in [0.5, 0.6) is 0 Å². The largest absolute Gasteiger partial charge is 1.00 e. The van der Waals surface area contributed by atoms with Crippen molar-refractivity contribution in [1.29, 1.82) is 0 Å². The zero-order valence-electron chi connectivity index (χ0n) is 11.8. The summed E-state index contributed by atoms with van der Waals surface area (Å²) >= 11 is 10.9. The summed E-state index contributed by atoms with van der Waals surface area (Å²) in [6.45, 7) is 5.44. The van der Waals surface area contributed by atoms with Gasteiger partial charge in [0.1, 0.15) is 16.3 Å². The molecule has 4 nitrogen and oxygen atoms in total. The Morgan fingerprint density at radius 3 is 2.71 bits per heavy atom. The van der Waals surface area contributed by atoms with E-state index in [1.165, 1.54) is 6.20 Å². The summed E-state index contributed by atoms with van der Waals surface area (Å²) in [6.07, 6.45) is 6.94. The number of aromatic nitrogens is 3. The maximum atomic E-state index is 13.2. The Morgan fingerprint density at radius 1 is 1.52 bits per heavy atom. The molecule has 0 aliphatic rings. The van der Waals surface area contributed by atoms with E-state index in [-0.39, 0.29) is 40.9 Å². The fourth-order valence-electron chi connectivity index (χ4n) is 1.25. The van der Waals surface area contributed by atoms with E-state index in [0.29, 0.717) is 5.39 Å². The van der Waals surface area contributed by atoms with Crippen LogP contribution in [-0.4, -0.2) is 26.2 Å². The Labute approximate surface area is 145 Å². The van der Waals surface area contributed by atoms with Gasteiger partial charge in [0, 0.05) is 5.52 Å². The summed E-state index contributed by atoms with van der Waals surface area (Å²) in [5, 5.41) is 8.79. The first-order valence-electron chi connectivity index (χ1n) is 5.81. The molecule has 2 heterocycles. The van der Waals surface area contributed by atoms with Crippen LogP contribution in [0.25, 0.3) is 10.9 Å². The molecule has 0 aromatic carbocycles. The van der Waals surface area contributed by atoms with Crippen molar-refractivity contribution in [3.05, 3.63) is 42.0 Å². The first-order chi connectivity index (χ1) is 9.49. The number of fused-ring (bicyclic) bond motifs is 1. The van der Waals surface area contributed by atoms with Crippen LogP contribution in [0, 0.1) is 25.4 Å². The summed E-state index contributed by atoms with van der Waals surface area (Å²) in [7, 11) is 0. The molecule has 2 aromatic rings. The molecule has 110 valence electrons. The molecule has 0 aliphatic heterocycles. The number of aliphatic hydroxyl groups is 1. The molecule has 1 unspecified atom stereocenters. The van der Waals surface area contributed by atoms with Gasteiger partial charge in [0.05, 0.1) is 0 Å². The fourth-order valence-corrected chi connectivity index (χ4v) is 1.51. The summed E-state index contributed by atoms with van der Waals surface area (Å²) in [5.74, 6) is -0.709. The van der Waals surface area contributed by atoms with Crippen LogP contribution >= 0.6 is 23.2 Å². The van der Waals surface area contributed by atoms with Crippen LogP contribution in [0.2, 0.25) is 10.4 Å². The standard InChI is InChI=1S/C7HCl2FN3.C6H12O.Li/c8-6-4(10)5-3(1-11-6)2-12-7(9)13-5;1-3-5-6(7)4-2;/h1H;4,6-7H,1,3,5H2,2H3;/q-1;-2;+1. The Balaban J connectivity index is 0.000000436. The minimum Gasteiger partial charge on any atom is -0.425 e. The summed E-state index contributed by atoms with van der Waals surface area (Å²) in [4.78, 5) is 10.8. The van der Waals surface area contributed by atoms with Gasteiger partial charge in [-0.2, -0.15) is 13.3 Å². The second-order valence-electron chi connectivity index (χ2n) is 3.77. The quantitative estimate of drug-likeness (QED) is 0.386. The average Bonchev–Trinajstić information content (AvgIpc) is 2.44. The van der Waals surface area contributed by atoms with E-state index in [2.05, 4.69) is 28.1 Å². The molecule has 0 spiro atoms. The summed E-state index contributed by atoms with van der Waals surface area (Å²) in [6, 6.07) is 0. The van der Waals surface area contributed by atoms with E-state index >= 15 is 0 Å².